The highest BCUT2D eigenvalue weighted by molar-refractivity contribution is 5.98. The van der Waals surface area contributed by atoms with E-state index in [0.717, 1.165) is 28.6 Å². The molecule has 5 aromatic rings. The van der Waals surface area contributed by atoms with E-state index < -0.39 is 5.82 Å². The van der Waals surface area contributed by atoms with Gasteiger partial charge >= 0.3 is 0 Å². The predicted octanol–water partition coefficient (Wildman–Crippen LogP) is 4.63. The minimum Gasteiger partial charge on any atom is -0.397 e. The maximum absolute atomic E-state index is 15.6. The number of anilines is 1. The fourth-order valence-corrected chi connectivity index (χ4v) is 3.97. The van der Waals surface area contributed by atoms with E-state index in [0.29, 0.717) is 33.7 Å². The Morgan fingerprint density at radius 3 is 2.84 bits per heavy atom. The minimum atomic E-state index is -0.504. The summed E-state index contributed by atoms with van der Waals surface area (Å²) in [6, 6.07) is 7.60. The molecule has 0 unspecified atom stereocenters. The first kappa shape index (κ1) is 17.5. The number of imidazole rings is 1. The van der Waals surface area contributed by atoms with Crippen molar-refractivity contribution in [2.75, 3.05) is 5.73 Å². The van der Waals surface area contributed by atoms with E-state index in [1.54, 1.807) is 12.3 Å². The molecule has 0 atom stereocenters. The van der Waals surface area contributed by atoms with Gasteiger partial charge in [-0.15, -0.1) is 0 Å². The van der Waals surface area contributed by atoms with Crippen molar-refractivity contribution in [3.8, 4) is 22.8 Å². The molecule has 31 heavy (non-hydrogen) atoms. The lowest BCUT2D eigenvalue weighted by Crippen LogP contribution is -1.94. The van der Waals surface area contributed by atoms with Gasteiger partial charge in [0.2, 0.25) is 0 Å². The third-order valence-corrected chi connectivity index (χ3v) is 5.40. The number of nitrogens with one attached hydrogen (secondary N) is 2. The molecule has 0 aliphatic heterocycles. The highest BCUT2D eigenvalue weighted by atomic mass is 19.1. The van der Waals surface area contributed by atoms with E-state index in [1.807, 2.05) is 18.2 Å². The number of aromatic amines is 2. The molecule has 0 saturated carbocycles. The van der Waals surface area contributed by atoms with Crippen LogP contribution in [0, 0.1) is 5.82 Å². The molecule has 0 radical (unpaired) electrons. The van der Waals surface area contributed by atoms with Crippen molar-refractivity contribution < 1.29 is 4.39 Å². The van der Waals surface area contributed by atoms with E-state index in [9.17, 15) is 0 Å². The second-order valence-electron chi connectivity index (χ2n) is 7.37. The van der Waals surface area contributed by atoms with E-state index in [1.165, 1.54) is 12.4 Å². The highest BCUT2D eigenvalue weighted by Gasteiger charge is 2.21. The Labute approximate surface area is 175 Å². The number of fused-ring (bicyclic) bond motifs is 2. The normalized spacial score (nSPS) is 13.4. The summed E-state index contributed by atoms with van der Waals surface area (Å²) in [5.41, 5.74) is 11.6. The summed E-state index contributed by atoms with van der Waals surface area (Å²) < 4.78 is 15.6. The van der Waals surface area contributed by atoms with Crippen molar-refractivity contribution in [2.45, 2.75) is 6.42 Å². The SMILES string of the molecule is Nc1cncc(-c2ncc3[nH]nc(-c4nc5c(C6=CCC=C6)cccc5[nH]4)c3c2F)c1. The second kappa shape index (κ2) is 6.60. The van der Waals surface area contributed by atoms with Crippen molar-refractivity contribution in [1.29, 1.82) is 0 Å². The van der Waals surface area contributed by atoms with Crippen molar-refractivity contribution in [3.05, 3.63) is 72.5 Å². The summed E-state index contributed by atoms with van der Waals surface area (Å²) in [5, 5.41) is 7.50. The summed E-state index contributed by atoms with van der Waals surface area (Å²) in [4.78, 5) is 16.3. The average Bonchev–Trinajstić information content (AvgIpc) is 3.52. The van der Waals surface area contributed by atoms with Gasteiger partial charge < -0.3 is 10.7 Å². The molecule has 0 amide bonds. The first-order valence-electron chi connectivity index (χ1n) is 9.78. The summed E-state index contributed by atoms with van der Waals surface area (Å²) in [7, 11) is 0. The molecule has 0 saturated heterocycles. The van der Waals surface area contributed by atoms with Gasteiger partial charge in [-0.3, -0.25) is 15.1 Å². The standard InChI is InChI=1S/C23H16FN7/c24-19-18-17(11-27-20(19)13-8-14(25)10-26-9-13)30-31-22(18)23-28-16-7-3-6-15(21(16)29-23)12-4-1-2-5-12/h1,3-11H,2,25H2,(H,28,29)(H,30,31). The number of H-pyrrole nitrogens is 2. The molecule has 6 rings (SSSR count). The number of halogens is 1. The number of aromatic nitrogens is 6. The van der Waals surface area contributed by atoms with Crippen LogP contribution in [0.4, 0.5) is 10.1 Å². The Bertz CT molecular complexity index is 1540. The Morgan fingerprint density at radius 1 is 1.06 bits per heavy atom. The third kappa shape index (κ3) is 2.72. The Hall–Kier alpha value is -4.33. The fourth-order valence-electron chi connectivity index (χ4n) is 3.97. The maximum atomic E-state index is 15.6. The predicted molar refractivity (Wildman–Crippen MR) is 118 cm³/mol. The fraction of sp³-hybridized carbons (Fsp3) is 0.0435. The average molecular weight is 409 g/mol. The zero-order valence-electron chi connectivity index (χ0n) is 16.2. The van der Waals surface area contributed by atoms with E-state index in [2.05, 4.69) is 43.4 Å². The number of hydrogen-bond acceptors (Lipinski definition) is 5. The van der Waals surface area contributed by atoms with Crippen molar-refractivity contribution in [1.82, 2.24) is 30.1 Å². The maximum Gasteiger partial charge on any atom is 0.161 e. The van der Waals surface area contributed by atoms with E-state index in [-0.39, 0.29) is 5.69 Å². The highest BCUT2D eigenvalue weighted by Crippen LogP contribution is 2.34. The van der Waals surface area contributed by atoms with Gasteiger partial charge in [-0.05, 0) is 24.1 Å². The van der Waals surface area contributed by atoms with Gasteiger partial charge in [0.05, 0.1) is 33.8 Å². The van der Waals surface area contributed by atoms with Crippen molar-refractivity contribution >= 4 is 33.2 Å². The van der Waals surface area contributed by atoms with Gasteiger partial charge in [0.1, 0.15) is 11.4 Å². The molecule has 7 nitrogen and oxygen atoms in total. The monoisotopic (exact) mass is 409 g/mol. The lowest BCUT2D eigenvalue weighted by molar-refractivity contribution is 0.638. The van der Waals surface area contributed by atoms with Crippen LogP contribution in [-0.2, 0) is 0 Å². The molecule has 4 N–H and O–H groups in total. The largest absolute Gasteiger partial charge is 0.397 e. The molecule has 0 fully saturated rings. The van der Waals surface area contributed by atoms with Gasteiger partial charge in [-0.25, -0.2) is 9.37 Å². The molecule has 8 heteroatoms. The lowest BCUT2D eigenvalue weighted by Gasteiger charge is -2.04. The number of rotatable bonds is 3. The molecule has 4 aromatic heterocycles. The van der Waals surface area contributed by atoms with Gasteiger partial charge in [0.25, 0.3) is 0 Å². The van der Waals surface area contributed by atoms with E-state index in [4.69, 9.17) is 10.7 Å². The Morgan fingerprint density at radius 2 is 2.00 bits per heavy atom. The Balaban J connectivity index is 1.55. The molecule has 1 aromatic carbocycles. The molecule has 1 aliphatic rings. The van der Waals surface area contributed by atoms with Gasteiger partial charge in [-0.1, -0.05) is 30.4 Å². The molecule has 4 heterocycles. The van der Waals surface area contributed by atoms with Crippen LogP contribution in [0.1, 0.15) is 12.0 Å². The molecular weight excluding hydrogens is 393 g/mol. The third-order valence-electron chi connectivity index (χ3n) is 5.40. The van der Waals surface area contributed by atoms with Crippen LogP contribution in [0.2, 0.25) is 0 Å². The number of para-hydroxylation sites is 1. The van der Waals surface area contributed by atoms with Crippen LogP contribution in [0.15, 0.2) is 61.1 Å². The van der Waals surface area contributed by atoms with Gasteiger partial charge in [-0.2, -0.15) is 5.10 Å². The number of allylic oxidation sites excluding steroid dienone is 4. The number of nitrogens with zero attached hydrogens (tertiary/aromatic N) is 4. The van der Waals surface area contributed by atoms with Crippen LogP contribution in [0.3, 0.4) is 0 Å². The number of benzene rings is 1. The first-order valence-corrected chi connectivity index (χ1v) is 9.78. The quantitative estimate of drug-likeness (QED) is 0.403. The lowest BCUT2D eigenvalue weighted by atomic mass is 10.1. The van der Waals surface area contributed by atoms with E-state index >= 15 is 4.39 Å². The second-order valence-corrected chi connectivity index (χ2v) is 7.37. The zero-order chi connectivity index (χ0) is 20.9. The van der Waals surface area contributed by atoms with Crippen LogP contribution >= 0.6 is 0 Å². The van der Waals surface area contributed by atoms with Crippen LogP contribution in [0.5, 0.6) is 0 Å². The van der Waals surface area contributed by atoms with Crippen LogP contribution < -0.4 is 5.73 Å². The number of nitrogens with two attached hydrogens (primary N) is 1. The van der Waals surface area contributed by atoms with Crippen molar-refractivity contribution in [3.63, 3.8) is 0 Å². The van der Waals surface area contributed by atoms with Crippen LogP contribution in [-0.4, -0.2) is 30.1 Å². The van der Waals surface area contributed by atoms with Crippen molar-refractivity contribution in [2.24, 2.45) is 0 Å². The smallest absolute Gasteiger partial charge is 0.161 e. The topological polar surface area (TPSA) is 109 Å². The van der Waals surface area contributed by atoms with Gasteiger partial charge in [0.15, 0.2) is 11.6 Å². The summed E-state index contributed by atoms with van der Waals surface area (Å²) in [6.45, 7) is 0. The summed E-state index contributed by atoms with van der Waals surface area (Å²) in [6.07, 6.45) is 11.9. The molecule has 0 bridgehead atoms. The molecule has 150 valence electrons. The molecule has 0 spiro atoms. The summed E-state index contributed by atoms with van der Waals surface area (Å²) in [5.74, 6) is -0.0196. The Kier molecular flexibility index (Phi) is 3.73. The number of pyridine rings is 2. The zero-order valence-corrected chi connectivity index (χ0v) is 16.2. The minimum absolute atomic E-state index is 0.160. The van der Waals surface area contributed by atoms with Crippen LogP contribution in [0.25, 0.3) is 50.3 Å². The molecule has 1 aliphatic carbocycles. The summed E-state index contributed by atoms with van der Waals surface area (Å²) >= 11 is 0. The van der Waals surface area contributed by atoms with Gasteiger partial charge in [0, 0.05) is 23.5 Å². The number of hydrogen-bond donors (Lipinski definition) is 3. The molecular formula is C23H16FN7. The number of nitrogen functional groups attached to an aromatic ring is 1. The first-order chi connectivity index (χ1) is 15.2.